The van der Waals surface area contributed by atoms with E-state index in [2.05, 4.69) is 28.2 Å². The van der Waals surface area contributed by atoms with Crippen molar-refractivity contribution in [1.82, 2.24) is 0 Å². The van der Waals surface area contributed by atoms with Crippen LogP contribution >= 0.6 is 15.9 Å². The molecule has 0 bridgehead atoms. The van der Waals surface area contributed by atoms with E-state index in [1.54, 1.807) is 18.2 Å². The fourth-order valence-corrected chi connectivity index (χ4v) is 3.30. The normalized spacial score (nSPS) is 23.1. The van der Waals surface area contributed by atoms with Gasteiger partial charge in [-0.25, -0.2) is 0 Å². The Morgan fingerprint density at radius 3 is 2.89 bits per heavy atom. The third-order valence-electron chi connectivity index (χ3n) is 3.88. The molecule has 1 aliphatic rings. The standard InChI is InChI=1S/C14H19BrN2O2/c1-2-10-4-3-5-11(8-10)16-12-6-7-14(17(18)19)13(15)9-12/h6-7,9-11,16H,2-5,8H2,1H3. The molecule has 2 unspecified atom stereocenters. The molecule has 1 aliphatic carbocycles. The zero-order chi connectivity index (χ0) is 13.8. The molecule has 0 aliphatic heterocycles. The molecule has 0 amide bonds. The third kappa shape index (κ3) is 3.69. The van der Waals surface area contributed by atoms with Gasteiger partial charge in [0.15, 0.2) is 0 Å². The summed E-state index contributed by atoms with van der Waals surface area (Å²) in [5, 5.41) is 14.3. The minimum absolute atomic E-state index is 0.112. The smallest absolute Gasteiger partial charge is 0.283 e. The summed E-state index contributed by atoms with van der Waals surface area (Å²) in [5.74, 6) is 0.813. The Labute approximate surface area is 121 Å². The lowest BCUT2D eigenvalue weighted by Crippen LogP contribution is -2.27. The molecule has 0 aromatic heterocycles. The number of anilines is 1. The van der Waals surface area contributed by atoms with Gasteiger partial charge < -0.3 is 5.32 Å². The first-order chi connectivity index (χ1) is 9.10. The number of nitrogens with one attached hydrogen (secondary N) is 1. The number of nitro groups is 1. The molecule has 0 spiro atoms. The highest BCUT2D eigenvalue weighted by Crippen LogP contribution is 2.31. The van der Waals surface area contributed by atoms with Crippen molar-refractivity contribution in [3.63, 3.8) is 0 Å². The van der Waals surface area contributed by atoms with Crippen LogP contribution < -0.4 is 5.32 Å². The molecule has 1 aromatic rings. The molecule has 1 aromatic carbocycles. The van der Waals surface area contributed by atoms with Gasteiger partial charge in [-0.3, -0.25) is 10.1 Å². The monoisotopic (exact) mass is 326 g/mol. The number of rotatable bonds is 4. The van der Waals surface area contributed by atoms with Crippen molar-refractivity contribution in [2.75, 3.05) is 5.32 Å². The average molecular weight is 327 g/mol. The second-order valence-electron chi connectivity index (χ2n) is 5.21. The fourth-order valence-electron chi connectivity index (χ4n) is 2.77. The van der Waals surface area contributed by atoms with Gasteiger partial charge in [0.25, 0.3) is 5.69 Å². The maximum absolute atomic E-state index is 10.8. The molecule has 104 valence electrons. The van der Waals surface area contributed by atoms with E-state index < -0.39 is 0 Å². The number of nitro benzene ring substituents is 1. The molecule has 1 saturated carbocycles. The molecule has 4 nitrogen and oxygen atoms in total. The van der Waals surface area contributed by atoms with E-state index in [-0.39, 0.29) is 10.6 Å². The third-order valence-corrected chi connectivity index (χ3v) is 4.51. The lowest BCUT2D eigenvalue weighted by molar-refractivity contribution is -0.385. The van der Waals surface area contributed by atoms with E-state index in [1.165, 1.54) is 32.1 Å². The predicted molar refractivity (Wildman–Crippen MR) is 80.5 cm³/mol. The average Bonchev–Trinajstić information content (AvgIpc) is 2.38. The van der Waals surface area contributed by atoms with E-state index in [0.29, 0.717) is 10.5 Å². The van der Waals surface area contributed by atoms with Gasteiger partial charge in [0.05, 0.1) is 9.40 Å². The molecular weight excluding hydrogens is 308 g/mol. The van der Waals surface area contributed by atoms with Crippen LogP contribution in [0.25, 0.3) is 0 Å². The first-order valence-corrected chi connectivity index (χ1v) is 7.60. The van der Waals surface area contributed by atoms with Crippen LogP contribution in [0.1, 0.15) is 39.0 Å². The lowest BCUT2D eigenvalue weighted by Gasteiger charge is -2.29. The minimum Gasteiger partial charge on any atom is -0.382 e. The first kappa shape index (κ1) is 14.3. The van der Waals surface area contributed by atoms with Crippen LogP contribution in [0.15, 0.2) is 22.7 Å². The zero-order valence-electron chi connectivity index (χ0n) is 11.1. The lowest BCUT2D eigenvalue weighted by atomic mass is 9.84. The Morgan fingerprint density at radius 1 is 1.47 bits per heavy atom. The van der Waals surface area contributed by atoms with Gasteiger partial charge in [-0.15, -0.1) is 0 Å². The van der Waals surface area contributed by atoms with Crippen LogP contribution in [0.4, 0.5) is 11.4 Å². The van der Waals surface area contributed by atoms with Gasteiger partial charge in [-0.2, -0.15) is 0 Å². The van der Waals surface area contributed by atoms with Gasteiger partial charge in [0.2, 0.25) is 0 Å². The molecular formula is C14H19BrN2O2. The quantitative estimate of drug-likeness (QED) is 0.642. The van der Waals surface area contributed by atoms with E-state index in [4.69, 9.17) is 0 Å². The van der Waals surface area contributed by atoms with Crippen LogP contribution in [-0.4, -0.2) is 11.0 Å². The van der Waals surface area contributed by atoms with Crippen LogP contribution in [0.5, 0.6) is 0 Å². The molecule has 0 heterocycles. The zero-order valence-corrected chi connectivity index (χ0v) is 12.6. The topological polar surface area (TPSA) is 55.2 Å². The molecule has 0 radical (unpaired) electrons. The summed E-state index contributed by atoms with van der Waals surface area (Å²) in [6.07, 6.45) is 6.22. The summed E-state index contributed by atoms with van der Waals surface area (Å²) in [6, 6.07) is 5.63. The van der Waals surface area contributed by atoms with Gasteiger partial charge in [-0.05, 0) is 46.8 Å². The summed E-state index contributed by atoms with van der Waals surface area (Å²) >= 11 is 3.26. The summed E-state index contributed by atoms with van der Waals surface area (Å²) in [7, 11) is 0. The Morgan fingerprint density at radius 2 is 2.26 bits per heavy atom. The van der Waals surface area contributed by atoms with Crippen molar-refractivity contribution in [2.45, 2.75) is 45.1 Å². The van der Waals surface area contributed by atoms with E-state index >= 15 is 0 Å². The first-order valence-electron chi connectivity index (χ1n) is 6.80. The van der Waals surface area contributed by atoms with Gasteiger partial charge in [0.1, 0.15) is 0 Å². The molecule has 1 fully saturated rings. The molecule has 0 saturated heterocycles. The van der Waals surface area contributed by atoms with Crippen molar-refractivity contribution in [3.05, 3.63) is 32.8 Å². The van der Waals surface area contributed by atoms with E-state index in [0.717, 1.165) is 11.6 Å². The van der Waals surface area contributed by atoms with Gasteiger partial charge >= 0.3 is 0 Å². The fraction of sp³-hybridized carbons (Fsp3) is 0.571. The summed E-state index contributed by atoms with van der Waals surface area (Å²) in [5.41, 5.74) is 1.07. The molecule has 1 N–H and O–H groups in total. The number of benzene rings is 1. The van der Waals surface area contributed by atoms with Crippen molar-refractivity contribution in [1.29, 1.82) is 0 Å². The Kier molecular flexibility index (Phi) is 4.80. The van der Waals surface area contributed by atoms with E-state index in [9.17, 15) is 10.1 Å². The number of hydrogen-bond acceptors (Lipinski definition) is 3. The number of nitrogens with zero attached hydrogens (tertiary/aromatic N) is 1. The van der Waals surface area contributed by atoms with Gasteiger partial charge in [-0.1, -0.05) is 26.2 Å². The van der Waals surface area contributed by atoms with Gasteiger partial charge in [0, 0.05) is 17.8 Å². The second kappa shape index (κ2) is 6.37. The summed E-state index contributed by atoms with van der Waals surface area (Å²) < 4.78 is 0.533. The Balaban J connectivity index is 2.03. The highest BCUT2D eigenvalue weighted by Gasteiger charge is 2.21. The Hall–Kier alpha value is -1.10. The SMILES string of the molecule is CCC1CCCC(Nc2ccc([N+](=O)[O-])c(Br)c2)C1. The van der Waals surface area contributed by atoms with Crippen molar-refractivity contribution in [3.8, 4) is 0 Å². The Bertz CT molecular complexity index is 465. The maximum Gasteiger partial charge on any atom is 0.283 e. The highest BCUT2D eigenvalue weighted by atomic mass is 79.9. The number of hydrogen-bond donors (Lipinski definition) is 1. The van der Waals surface area contributed by atoms with Crippen molar-refractivity contribution < 1.29 is 4.92 Å². The van der Waals surface area contributed by atoms with Crippen molar-refractivity contribution in [2.24, 2.45) is 5.92 Å². The number of halogens is 1. The predicted octanol–water partition coefficient (Wildman–Crippen LogP) is 4.74. The van der Waals surface area contributed by atoms with Crippen molar-refractivity contribution >= 4 is 27.3 Å². The second-order valence-corrected chi connectivity index (χ2v) is 6.06. The van der Waals surface area contributed by atoms with E-state index in [1.807, 2.05) is 0 Å². The summed E-state index contributed by atoms with van der Waals surface area (Å²) in [4.78, 5) is 10.4. The highest BCUT2D eigenvalue weighted by molar-refractivity contribution is 9.10. The minimum atomic E-state index is -0.373. The molecule has 5 heteroatoms. The van der Waals surface area contributed by atoms with Crippen LogP contribution in [-0.2, 0) is 0 Å². The van der Waals surface area contributed by atoms with Crippen LogP contribution in [0.3, 0.4) is 0 Å². The molecule has 19 heavy (non-hydrogen) atoms. The summed E-state index contributed by atoms with van der Waals surface area (Å²) in [6.45, 7) is 2.25. The van der Waals surface area contributed by atoms with Crippen LogP contribution in [0.2, 0.25) is 0 Å². The van der Waals surface area contributed by atoms with Crippen LogP contribution in [0, 0.1) is 16.0 Å². The largest absolute Gasteiger partial charge is 0.382 e. The molecule has 2 rings (SSSR count). The maximum atomic E-state index is 10.8. The molecule has 2 atom stereocenters.